The Morgan fingerprint density at radius 1 is 1.04 bits per heavy atom. The number of para-hydroxylation sites is 1. The van der Waals surface area contributed by atoms with E-state index in [1.54, 1.807) is 42.6 Å². The number of nitrogens with one attached hydrogen (secondary N) is 2. The molecule has 0 saturated heterocycles. The van der Waals surface area contributed by atoms with Crippen molar-refractivity contribution in [3.63, 3.8) is 0 Å². The normalized spacial score (nSPS) is 9.92. The Morgan fingerprint density at radius 2 is 1.88 bits per heavy atom. The van der Waals surface area contributed by atoms with Crippen LogP contribution in [0.1, 0.15) is 21.6 Å². The number of aryl methyl sites for hydroxylation is 1. The summed E-state index contributed by atoms with van der Waals surface area (Å²) in [6.07, 6.45) is 1.60. The molecule has 0 saturated carbocycles. The Kier molecular flexibility index (Phi) is 4.72. The van der Waals surface area contributed by atoms with Gasteiger partial charge in [-0.3, -0.25) is 4.79 Å². The number of amides is 1. The molecule has 0 aliphatic rings. The monoisotopic (exact) mass is 328 g/mol. The maximum absolute atomic E-state index is 12.3. The summed E-state index contributed by atoms with van der Waals surface area (Å²) < 4.78 is 0. The molecule has 0 bridgehead atoms. The van der Waals surface area contributed by atoms with Crippen LogP contribution in [0.4, 0.5) is 17.1 Å². The molecule has 1 aromatic heterocycles. The summed E-state index contributed by atoms with van der Waals surface area (Å²) >= 11 is 0. The van der Waals surface area contributed by atoms with Gasteiger partial charge in [0.05, 0.1) is 23.1 Å². The third-order valence-electron chi connectivity index (χ3n) is 3.60. The third-order valence-corrected chi connectivity index (χ3v) is 3.60. The molecular formula is C20H16N4O. The molecule has 0 aliphatic carbocycles. The molecule has 0 spiro atoms. The zero-order valence-corrected chi connectivity index (χ0v) is 13.7. The molecule has 1 amide bonds. The van der Waals surface area contributed by atoms with E-state index in [4.69, 9.17) is 5.26 Å². The van der Waals surface area contributed by atoms with Crippen LogP contribution in [0.5, 0.6) is 0 Å². The summed E-state index contributed by atoms with van der Waals surface area (Å²) in [5, 5.41) is 15.0. The van der Waals surface area contributed by atoms with Crippen molar-refractivity contribution in [3.8, 4) is 6.07 Å². The first-order valence-electron chi connectivity index (χ1n) is 7.76. The Morgan fingerprint density at radius 3 is 2.60 bits per heavy atom. The van der Waals surface area contributed by atoms with Crippen LogP contribution in [0.15, 0.2) is 66.9 Å². The standard InChI is InChI=1S/C20H16N4O/c1-14-5-4-7-16(11-14)23-17-9-10-19(22-13-17)20(25)24-18-8-3-2-6-15(18)12-21/h2-11,13,23H,1H3,(H,24,25). The first-order valence-corrected chi connectivity index (χ1v) is 7.76. The summed E-state index contributed by atoms with van der Waals surface area (Å²) in [4.78, 5) is 16.5. The Hall–Kier alpha value is -3.65. The van der Waals surface area contributed by atoms with Gasteiger partial charge in [-0.1, -0.05) is 24.3 Å². The van der Waals surface area contributed by atoms with Gasteiger partial charge in [0.25, 0.3) is 5.91 Å². The van der Waals surface area contributed by atoms with Crippen molar-refractivity contribution in [3.05, 3.63) is 83.7 Å². The van der Waals surface area contributed by atoms with Gasteiger partial charge in [-0.2, -0.15) is 5.26 Å². The quantitative estimate of drug-likeness (QED) is 0.750. The van der Waals surface area contributed by atoms with E-state index >= 15 is 0 Å². The molecule has 122 valence electrons. The molecule has 0 unspecified atom stereocenters. The van der Waals surface area contributed by atoms with Gasteiger partial charge < -0.3 is 10.6 Å². The number of nitriles is 1. The van der Waals surface area contributed by atoms with Gasteiger partial charge >= 0.3 is 0 Å². The largest absolute Gasteiger partial charge is 0.354 e. The molecule has 0 fully saturated rings. The fraction of sp³-hybridized carbons (Fsp3) is 0.0500. The number of anilines is 3. The fourth-order valence-corrected chi connectivity index (χ4v) is 2.37. The summed E-state index contributed by atoms with van der Waals surface area (Å²) in [5.74, 6) is -0.357. The number of hydrogen-bond donors (Lipinski definition) is 2. The molecular weight excluding hydrogens is 312 g/mol. The lowest BCUT2D eigenvalue weighted by Crippen LogP contribution is -2.14. The van der Waals surface area contributed by atoms with Crippen molar-refractivity contribution >= 4 is 23.0 Å². The van der Waals surface area contributed by atoms with Crippen molar-refractivity contribution in [2.24, 2.45) is 0 Å². The lowest BCUT2D eigenvalue weighted by Gasteiger charge is -2.09. The second-order valence-electron chi connectivity index (χ2n) is 5.54. The predicted molar refractivity (Wildman–Crippen MR) is 97.8 cm³/mol. The van der Waals surface area contributed by atoms with E-state index in [0.29, 0.717) is 11.3 Å². The van der Waals surface area contributed by atoms with Crippen LogP contribution in [0.3, 0.4) is 0 Å². The number of benzene rings is 2. The minimum absolute atomic E-state index is 0.280. The third kappa shape index (κ3) is 4.01. The molecule has 3 aromatic rings. The smallest absolute Gasteiger partial charge is 0.274 e. The molecule has 5 nitrogen and oxygen atoms in total. The molecule has 2 aromatic carbocycles. The lowest BCUT2D eigenvalue weighted by atomic mass is 10.2. The van der Waals surface area contributed by atoms with Gasteiger partial charge in [0.1, 0.15) is 11.8 Å². The first-order chi connectivity index (χ1) is 12.2. The van der Waals surface area contributed by atoms with Crippen LogP contribution in [0.2, 0.25) is 0 Å². The van der Waals surface area contributed by atoms with Crippen LogP contribution in [-0.2, 0) is 0 Å². The van der Waals surface area contributed by atoms with Crippen molar-refractivity contribution in [1.82, 2.24) is 4.98 Å². The minimum Gasteiger partial charge on any atom is -0.354 e. The van der Waals surface area contributed by atoms with Gasteiger partial charge in [0.2, 0.25) is 0 Å². The lowest BCUT2D eigenvalue weighted by molar-refractivity contribution is 0.102. The number of rotatable bonds is 4. The molecule has 2 N–H and O–H groups in total. The Balaban J connectivity index is 1.71. The molecule has 0 aliphatic heterocycles. The highest BCUT2D eigenvalue weighted by Gasteiger charge is 2.10. The maximum atomic E-state index is 12.3. The maximum Gasteiger partial charge on any atom is 0.274 e. The second-order valence-corrected chi connectivity index (χ2v) is 5.54. The highest BCUT2D eigenvalue weighted by Crippen LogP contribution is 2.18. The van der Waals surface area contributed by atoms with Gasteiger partial charge in [0.15, 0.2) is 0 Å². The zero-order chi connectivity index (χ0) is 17.6. The average molecular weight is 328 g/mol. The van der Waals surface area contributed by atoms with Crippen LogP contribution in [0, 0.1) is 18.3 Å². The summed E-state index contributed by atoms with van der Waals surface area (Å²) in [5.41, 5.74) is 4.07. The van der Waals surface area contributed by atoms with Gasteiger partial charge in [-0.05, 0) is 48.9 Å². The van der Waals surface area contributed by atoms with E-state index in [1.165, 1.54) is 0 Å². The van der Waals surface area contributed by atoms with Gasteiger partial charge in [0, 0.05) is 5.69 Å². The van der Waals surface area contributed by atoms with Crippen LogP contribution < -0.4 is 10.6 Å². The van der Waals surface area contributed by atoms with E-state index in [2.05, 4.69) is 15.6 Å². The average Bonchev–Trinajstić information content (AvgIpc) is 2.63. The summed E-state index contributed by atoms with van der Waals surface area (Å²) in [7, 11) is 0. The van der Waals surface area contributed by atoms with Crippen LogP contribution >= 0.6 is 0 Å². The van der Waals surface area contributed by atoms with Crippen LogP contribution in [-0.4, -0.2) is 10.9 Å². The topological polar surface area (TPSA) is 77.8 Å². The number of hydrogen-bond acceptors (Lipinski definition) is 4. The Labute approximate surface area is 146 Å². The molecule has 25 heavy (non-hydrogen) atoms. The predicted octanol–water partition coefficient (Wildman–Crippen LogP) is 4.26. The van der Waals surface area contributed by atoms with Crippen molar-refractivity contribution in [2.45, 2.75) is 6.92 Å². The van der Waals surface area contributed by atoms with Crippen molar-refractivity contribution in [2.75, 3.05) is 10.6 Å². The highest BCUT2D eigenvalue weighted by atomic mass is 16.1. The van der Waals surface area contributed by atoms with E-state index in [9.17, 15) is 4.79 Å². The number of aromatic nitrogens is 1. The SMILES string of the molecule is Cc1cccc(Nc2ccc(C(=O)Nc3ccccc3C#N)nc2)c1. The molecule has 5 heteroatoms. The van der Waals surface area contributed by atoms with E-state index in [1.807, 2.05) is 37.3 Å². The van der Waals surface area contributed by atoms with E-state index < -0.39 is 0 Å². The molecule has 0 atom stereocenters. The van der Waals surface area contributed by atoms with Crippen molar-refractivity contribution < 1.29 is 4.79 Å². The minimum atomic E-state index is -0.357. The number of carbonyl (C=O) groups is 1. The molecule has 3 rings (SSSR count). The Bertz CT molecular complexity index is 942. The molecule has 0 radical (unpaired) electrons. The van der Waals surface area contributed by atoms with Gasteiger partial charge in [-0.25, -0.2) is 4.98 Å². The molecule has 1 heterocycles. The number of carbonyl (C=O) groups excluding carboxylic acids is 1. The van der Waals surface area contributed by atoms with Crippen LogP contribution in [0.25, 0.3) is 0 Å². The van der Waals surface area contributed by atoms with E-state index in [-0.39, 0.29) is 11.6 Å². The summed E-state index contributed by atoms with van der Waals surface area (Å²) in [6, 6.07) is 20.3. The first kappa shape index (κ1) is 16.2. The zero-order valence-electron chi connectivity index (χ0n) is 13.7. The van der Waals surface area contributed by atoms with Crippen molar-refractivity contribution in [1.29, 1.82) is 5.26 Å². The highest BCUT2D eigenvalue weighted by molar-refractivity contribution is 6.03. The second kappa shape index (κ2) is 7.28. The summed E-state index contributed by atoms with van der Waals surface area (Å²) in [6.45, 7) is 2.02. The number of pyridine rings is 1. The van der Waals surface area contributed by atoms with Gasteiger partial charge in [-0.15, -0.1) is 0 Å². The fourth-order valence-electron chi connectivity index (χ4n) is 2.37. The number of nitrogens with zero attached hydrogens (tertiary/aromatic N) is 2. The van der Waals surface area contributed by atoms with E-state index in [0.717, 1.165) is 16.9 Å².